The molecule has 0 atom stereocenters. The van der Waals surface area contributed by atoms with Gasteiger partial charge >= 0.3 is 0 Å². The molecule has 131 valence electrons. The van der Waals surface area contributed by atoms with Crippen molar-refractivity contribution < 1.29 is 56.0 Å². The van der Waals surface area contributed by atoms with Crippen LogP contribution in [0.1, 0.15) is 83.1 Å². The van der Waals surface area contributed by atoms with Crippen LogP contribution in [0.2, 0.25) is 0 Å². The van der Waals surface area contributed by atoms with Crippen LogP contribution in [0.4, 0.5) is 0 Å². The van der Waals surface area contributed by atoms with E-state index in [1.165, 1.54) is 0 Å². The van der Waals surface area contributed by atoms with Gasteiger partial charge in [0.2, 0.25) is 0 Å². The van der Waals surface area contributed by atoms with Gasteiger partial charge in [-0.25, -0.2) is 0 Å². The van der Waals surface area contributed by atoms with Gasteiger partial charge in [0.05, 0.1) is 22.4 Å². The Balaban J connectivity index is -0.0000000533. The minimum atomic E-state index is -0.500. The molecule has 4 N–H and O–H groups in total. The van der Waals surface area contributed by atoms with Gasteiger partial charge in [0.15, 0.2) is 0 Å². The summed E-state index contributed by atoms with van der Waals surface area (Å²) in [7, 11) is 0. The molecule has 0 rings (SSSR count). The molecule has 0 bridgehead atoms. The molecule has 4 nitrogen and oxygen atoms in total. The summed E-state index contributed by atoms with van der Waals surface area (Å²) < 4.78 is 0. The Labute approximate surface area is 161 Å². The van der Waals surface area contributed by atoms with Gasteiger partial charge in [-0.2, -0.15) is 0 Å². The Morgan fingerprint density at radius 3 is 0.333 bits per heavy atom. The summed E-state index contributed by atoms with van der Waals surface area (Å²) in [6.45, 7) is 20.9. The Hall–Kier alpha value is 1.03. The van der Waals surface area contributed by atoms with E-state index in [0.717, 1.165) is 0 Å². The van der Waals surface area contributed by atoms with Gasteiger partial charge in [-0.3, -0.25) is 0 Å². The van der Waals surface area contributed by atoms with E-state index in [1.807, 2.05) is 0 Å². The van der Waals surface area contributed by atoms with Crippen LogP contribution in [-0.4, -0.2) is 42.8 Å². The van der Waals surface area contributed by atoms with E-state index in [1.54, 1.807) is 83.1 Å². The van der Waals surface area contributed by atoms with E-state index in [-0.39, 0.29) is 35.6 Å². The van der Waals surface area contributed by atoms with Gasteiger partial charge in [-0.05, 0) is 83.1 Å². The first-order valence-corrected chi connectivity index (χ1v) is 6.89. The molecule has 0 aliphatic heterocycles. The third kappa shape index (κ3) is 7120. The summed E-state index contributed by atoms with van der Waals surface area (Å²) in [5, 5.41) is 34.1. The fraction of sp³-hybridized carbons (Fsp3) is 1.00. The SMILES string of the molecule is CC(C)(C)O.CC(C)(C)O.CC(C)(C)O.CC(C)(C)O.[La]. The molecule has 0 aliphatic carbocycles. The van der Waals surface area contributed by atoms with Gasteiger partial charge in [-0.15, -0.1) is 0 Å². The van der Waals surface area contributed by atoms with Gasteiger partial charge in [-0.1, -0.05) is 0 Å². The van der Waals surface area contributed by atoms with E-state index >= 15 is 0 Å². The van der Waals surface area contributed by atoms with Gasteiger partial charge in [0, 0.05) is 35.6 Å². The monoisotopic (exact) mass is 435 g/mol. The molecule has 0 aromatic heterocycles. The number of aliphatic hydroxyl groups is 4. The second-order valence-corrected chi connectivity index (χ2v) is 8.68. The van der Waals surface area contributed by atoms with Gasteiger partial charge < -0.3 is 20.4 Å². The van der Waals surface area contributed by atoms with Gasteiger partial charge in [0.1, 0.15) is 0 Å². The van der Waals surface area contributed by atoms with Crippen molar-refractivity contribution >= 4 is 0 Å². The first-order chi connectivity index (χ1) is 8.00. The summed E-state index contributed by atoms with van der Waals surface area (Å²) in [6.07, 6.45) is 0. The minimum absolute atomic E-state index is 0. The largest absolute Gasteiger partial charge is 0.391 e. The molecule has 0 heterocycles. The van der Waals surface area contributed by atoms with Crippen molar-refractivity contribution in [2.75, 3.05) is 0 Å². The maximum absolute atomic E-state index is 8.52. The second kappa shape index (κ2) is 13.5. The molecule has 0 aromatic rings. The van der Waals surface area contributed by atoms with Crippen LogP contribution in [0.5, 0.6) is 0 Å². The first kappa shape index (κ1) is 33.6. The van der Waals surface area contributed by atoms with Crippen molar-refractivity contribution in [3.8, 4) is 0 Å². The van der Waals surface area contributed by atoms with Crippen molar-refractivity contribution in [1.82, 2.24) is 0 Å². The summed E-state index contributed by atoms with van der Waals surface area (Å²) >= 11 is 0. The molecule has 21 heavy (non-hydrogen) atoms. The molecular formula is C16H40LaO4. The van der Waals surface area contributed by atoms with E-state index in [2.05, 4.69) is 0 Å². The molecule has 0 saturated heterocycles. The van der Waals surface area contributed by atoms with Crippen LogP contribution in [-0.2, 0) is 0 Å². The quantitative estimate of drug-likeness (QED) is 0.472. The molecular weight excluding hydrogens is 395 g/mol. The zero-order valence-corrected chi connectivity index (χ0v) is 20.0. The fourth-order valence-electron chi connectivity index (χ4n) is 0. The standard InChI is InChI=1S/4C4H10O.La/c4*1-4(2,3)5;/h4*5H,1-3H3;. The van der Waals surface area contributed by atoms with Crippen LogP contribution in [0.3, 0.4) is 0 Å². The first-order valence-electron chi connectivity index (χ1n) is 6.89. The molecule has 0 amide bonds. The van der Waals surface area contributed by atoms with Gasteiger partial charge in [0.25, 0.3) is 0 Å². The predicted octanol–water partition coefficient (Wildman–Crippen LogP) is 3.11. The molecule has 5 heteroatoms. The molecule has 0 saturated carbocycles. The topological polar surface area (TPSA) is 80.9 Å². The summed E-state index contributed by atoms with van der Waals surface area (Å²) in [5.74, 6) is 0. The van der Waals surface area contributed by atoms with Crippen molar-refractivity contribution in [3.05, 3.63) is 0 Å². The molecule has 0 spiro atoms. The number of hydrogen-bond acceptors (Lipinski definition) is 4. The third-order valence-corrected chi connectivity index (χ3v) is 0. The zero-order chi connectivity index (χ0) is 18.0. The summed E-state index contributed by atoms with van der Waals surface area (Å²) in [5.41, 5.74) is -2.00. The van der Waals surface area contributed by atoms with Crippen LogP contribution in [0, 0.1) is 35.6 Å². The number of rotatable bonds is 0. The fourth-order valence-corrected chi connectivity index (χ4v) is 0. The van der Waals surface area contributed by atoms with Crippen LogP contribution in [0.25, 0.3) is 0 Å². The average Bonchev–Trinajstić information content (AvgIpc) is 1.62. The van der Waals surface area contributed by atoms with E-state index in [4.69, 9.17) is 20.4 Å². The summed E-state index contributed by atoms with van der Waals surface area (Å²) in [6, 6.07) is 0. The van der Waals surface area contributed by atoms with Crippen LogP contribution in [0.15, 0.2) is 0 Å². The Morgan fingerprint density at radius 2 is 0.333 bits per heavy atom. The predicted molar refractivity (Wildman–Crippen MR) is 87.9 cm³/mol. The molecule has 0 fully saturated rings. The zero-order valence-electron chi connectivity index (χ0n) is 16.4. The molecule has 0 aliphatic rings. The van der Waals surface area contributed by atoms with Crippen molar-refractivity contribution in [2.45, 2.75) is 105 Å². The minimum Gasteiger partial charge on any atom is -0.391 e. The Morgan fingerprint density at radius 1 is 0.333 bits per heavy atom. The van der Waals surface area contributed by atoms with Crippen molar-refractivity contribution in [2.24, 2.45) is 0 Å². The average molecular weight is 435 g/mol. The van der Waals surface area contributed by atoms with Crippen LogP contribution >= 0.6 is 0 Å². The molecule has 0 aromatic carbocycles. The second-order valence-electron chi connectivity index (χ2n) is 8.68. The normalized spacial score (nSPS) is 11.4. The summed E-state index contributed by atoms with van der Waals surface area (Å²) in [4.78, 5) is 0. The number of hydrogen-bond donors (Lipinski definition) is 4. The Kier molecular flexibility index (Phi) is 21.6. The van der Waals surface area contributed by atoms with E-state index in [9.17, 15) is 0 Å². The van der Waals surface area contributed by atoms with E-state index < -0.39 is 22.4 Å². The smallest absolute Gasteiger partial charge is 0.0563 e. The van der Waals surface area contributed by atoms with E-state index in [0.29, 0.717) is 0 Å². The Bertz CT molecular complexity index is 130. The molecule has 1 radical (unpaired) electrons. The van der Waals surface area contributed by atoms with Crippen molar-refractivity contribution in [1.29, 1.82) is 0 Å². The maximum Gasteiger partial charge on any atom is 0.0563 e. The maximum atomic E-state index is 8.52. The van der Waals surface area contributed by atoms with Crippen LogP contribution < -0.4 is 0 Å². The molecule has 0 unspecified atom stereocenters. The van der Waals surface area contributed by atoms with Crippen molar-refractivity contribution in [3.63, 3.8) is 0 Å². The third-order valence-electron chi connectivity index (χ3n) is 0.